The number of nitrogens with one attached hydrogen (secondary N) is 2. The van der Waals surface area contributed by atoms with Gasteiger partial charge in [-0.1, -0.05) is 13.8 Å². The summed E-state index contributed by atoms with van der Waals surface area (Å²) in [7, 11) is 1.47. The predicted octanol–water partition coefficient (Wildman–Crippen LogP) is -1.19. The molecule has 0 saturated carbocycles. The zero-order valence-corrected chi connectivity index (χ0v) is 10.4. The number of nitrogens with two attached hydrogens (primary N) is 1. The summed E-state index contributed by atoms with van der Waals surface area (Å²) in [6.07, 6.45) is 0.137. The topological polar surface area (TPSA) is 99.8 Å². The Hall–Kier alpha value is -1.63. The fraction of sp³-hybridized carbons (Fsp3) is 0.700. The number of hydrogen-bond donors (Lipinski definition) is 3. The Balaban J connectivity index is 2.61. The second-order valence-electron chi connectivity index (χ2n) is 4.42. The fourth-order valence-corrected chi connectivity index (χ4v) is 1.44. The minimum atomic E-state index is -0.575. The molecule has 7 nitrogen and oxygen atoms in total. The van der Waals surface area contributed by atoms with E-state index < -0.39 is 6.04 Å². The average Bonchev–Trinajstić information content (AvgIpc) is 2.52. The van der Waals surface area contributed by atoms with Gasteiger partial charge in [0.1, 0.15) is 6.04 Å². The maximum absolute atomic E-state index is 11.6. The quantitative estimate of drug-likeness (QED) is 0.190. The van der Waals surface area contributed by atoms with Crippen LogP contribution >= 0.6 is 0 Å². The first kappa shape index (κ1) is 13.4. The van der Waals surface area contributed by atoms with Gasteiger partial charge in [0, 0.05) is 13.6 Å². The molecule has 17 heavy (non-hydrogen) atoms. The van der Waals surface area contributed by atoms with Crippen LogP contribution in [0.1, 0.15) is 20.3 Å². The summed E-state index contributed by atoms with van der Waals surface area (Å²) in [4.78, 5) is 28.2. The third kappa shape index (κ3) is 3.42. The Morgan fingerprint density at radius 3 is 2.65 bits per heavy atom. The largest absolute Gasteiger partial charge is 0.343 e. The van der Waals surface area contributed by atoms with Crippen LogP contribution in [0.5, 0.6) is 0 Å². The van der Waals surface area contributed by atoms with Gasteiger partial charge in [-0.3, -0.25) is 24.9 Å². The van der Waals surface area contributed by atoms with Crippen molar-refractivity contribution in [2.24, 2.45) is 16.8 Å². The lowest BCUT2D eigenvalue weighted by Crippen LogP contribution is -2.49. The Kier molecular flexibility index (Phi) is 4.45. The molecule has 7 heteroatoms. The predicted molar refractivity (Wildman–Crippen MR) is 63.8 cm³/mol. The summed E-state index contributed by atoms with van der Waals surface area (Å²) in [6, 6.07) is -0.575. The molecule has 1 unspecified atom stereocenters. The Bertz CT molecular complexity index is 340. The van der Waals surface area contributed by atoms with E-state index in [-0.39, 0.29) is 18.2 Å². The number of carbonyl (C=O) groups is 2. The number of aliphatic imine (C=N–C) groups is 1. The molecule has 96 valence electrons. The molecule has 1 aliphatic rings. The number of hydrogen-bond acceptors (Lipinski definition) is 4. The number of likely N-dealkylation sites (tertiary alicyclic amines) is 1. The van der Waals surface area contributed by atoms with E-state index in [2.05, 4.69) is 15.7 Å². The first-order valence-electron chi connectivity index (χ1n) is 5.53. The molecule has 0 spiro atoms. The normalized spacial score (nSPS) is 21.4. The van der Waals surface area contributed by atoms with Gasteiger partial charge < -0.3 is 5.32 Å². The lowest BCUT2D eigenvalue weighted by atomic mass is 10.2. The highest BCUT2D eigenvalue weighted by molar-refractivity contribution is 6.06. The molecule has 0 aromatic rings. The average molecular weight is 241 g/mol. The summed E-state index contributed by atoms with van der Waals surface area (Å²) < 4.78 is 0. The van der Waals surface area contributed by atoms with Crippen LogP contribution in [0.3, 0.4) is 0 Å². The highest BCUT2D eigenvalue weighted by Gasteiger charge is 2.36. The molecular formula is C10H19N5O2. The van der Waals surface area contributed by atoms with Crippen molar-refractivity contribution in [3.05, 3.63) is 0 Å². The summed E-state index contributed by atoms with van der Waals surface area (Å²) in [5.74, 6) is 5.56. The van der Waals surface area contributed by atoms with Gasteiger partial charge in [-0.25, -0.2) is 5.84 Å². The molecule has 2 amide bonds. The molecule has 1 saturated heterocycles. The molecular weight excluding hydrogens is 222 g/mol. The summed E-state index contributed by atoms with van der Waals surface area (Å²) >= 11 is 0. The van der Waals surface area contributed by atoms with Gasteiger partial charge in [-0.2, -0.15) is 0 Å². The molecule has 0 aromatic heterocycles. The summed E-state index contributed by atoms with van der Waals surface area (Å²) in [6.45, 7) is 4.64. The Morgan fingerprint density at radius 1 is 1.59 bits per heavy atom. The van der Waals surface area contributed by atoms with Gasteiger partial charge in [-0.15, -0.1) is 0 Å². The van der Waals surface area contributed by atoms with E-state index in [4.69, 9.17) is 5.84 Å². The SMILES string of the molecule is CC(C)CN=C(NN)NC1CC(=O)N(C)C1=O. The number of imide groups is 1. The van der Waals surface area contributed by atoms with Crippen LogP contribution in [0.2, 0.25) is 0 Å². The lowest BCUT2D eigenvalue weighted by molar-refractivity contribution is -0.137. The minimum absolute atomic E-state index is 0.137. The number of likely N-dealkylation sites (N-methyl/N-ethyl adjacent to an activating group) is 1. The molecule has 0 bridgehead atoms. The van der Waals surface area contributed by atoms with E-state index in [1.54, 1.807) is 0 Å². The van der Waals surface area contributed by atoms with Gasteiger partial charge in [0.2, 0.25) is 11.9 Å². The van der Waals surface area contributed by atoms with Crippen molar-refractivity contribution < 1.29 is 9.59 Å². The van der Waals surface area contributed by atoms with Crippen molar-refractivity contribution >= 4 is 17.8 Å². The number of guanidine groups is 1. The number of nitrogens with zero attached hydrogens (tertiary/aromatic N) is 2. The second kappa shape index (κ2) is 5.62. The zero-order chi connectivity index (χ0) is 13.0. The molecule has 1 fully saturated rings. The second-order valence-corrected chi connectivity index (χ2v) is 4.42. The van der Waals surface area contributed by atoms with Gasteiger partial charge >= 0.3 is 0 Å². The number of carbonyl (C=O) groups excluding carboxylic acids is 2. The Labute approximate surface area is 100 Å². The highest BCUT2D eigenvalue weighted by Crippen LogP contribution is 2.10. The molecule has 1 rings (SSSR count). The molecule has 1 heterocycles. The van der Waals surface area contributed by atoms with E-state index in [1.165, 1.54) is 7.05 Å². The molecule has 1 atom stereocenters. The van der Waals surface area contributed by atoms with E-state index in [0.29, 0.717) is 18.4 Å². The van der Waals surface area contributed by atoms with Crippen molar-refractivity contribution in [1.29, 1.82) is 0 Å². The molecule has 4 N–H and O–H groups in total. The van der Waals surface area contributed by atoms with Crippen LogP contribution < -0.4 is 16.6 Å². The van der Waals surface area contributed by atoms with Gasteiger partial charge in [0.05, 0.1) is 6.42 Å². The smallest absolute Gasteiger partial charge is 0.252 e. The number of amides is 2. The van der Waals surface area contributed by atoms with Crippen LogP contribution in [-0.4, -0.2) is 42.3 Å². The maximum atomic E-state index is 11.6. The molecule has 0 radical (unpaired) electrons. The zero-order valence-electron chi connectivity index (χ0n) is 10.4. The molecule has 1 aliphatic heterocycles. The fourth-order valence-electron chi connectivity index (χ4n) is 1.44. The standard InChI is InChI=1S/C10H19N5O2/c1-6(2)5-12-10(14-11)13-7-4-8(16)15(3)9(7)17/h6-7H,4-5,11H2,1-3H3,(H2,12,13,14). The third-order valence-electron chi connectivity index (χ3n) is 2.44. The lowest BCUT2D eigenvalue weighted by Gasteiger charge is -2.14. The van der Waals surface area contributed by atoms with E-state index in [9.17, 15) is 9.59 Å². The van der Waals surface area contributed by atoms with Gasteiger partial charge in [-0.05, 0) is 5.92 Å². The van der Waals surface area contributed by atoms with Gasteiger partial charge in [0.15, 0.2) is 0 Å². The number of hydrazine groups is 1. The van der Waals surface area contributed by atoms with Crippen molar-refractivity contribution in [3.8, 4) is 0 Å². The first-order chi connectivity index (χ1) is 7.95. The monoisotopic (exact) mass is 241 g/mol. The van der Waals surface area contributed by atoms with Gasteiger partial charge in [0.25, 0.3) is 5.91 Å². The minimum Gasteiger partial charge on any atom is -0.343 e. The van der Waals surface area contributed by atoms with Crippen molar-refractivity contribution in [2.75, 3.05) is 13.6 Å². The third-order valence-corrected chi connectivity index (χ3v) is 2.44. The summed E-state index contributed by atoms with van der Waals surface area (Å²) in [5.41, 5.74) is 2.39. The van der Waals surface area contributed by atoms with Crippen LogP contribution in [0.15, 0.2) is 4.99 Å². The van der Waals surface area contributed by atoms with Crippen LogP contribution in [0.4, 0.5) is 0 Å². The van der Waals surface area contributed by atoms with Crippen molar-refractivity contribution in [1.82, 2.24) is 15.6 Å². The number of rotatable bonds is 3. The summed E-state index contributed by atoms with van der Waals surface area (Å²) in [5, 5.41) is 2.83. The van der Waals surface area contributed by atoms with Crippen molar-refractivity contribution in [2.45, 2.75) is 26.3 Å². The molecule has 0 aromatic carbocycles. The van der Waals surface area contributed by atoms with E-state index in [0.717, 1.165) is 4.90 Å². The maximum Gasteiger partial charge on any atom is 0.252 e. The van der Waals surface area contributed by atoms with Crippen molar-refractivity contribution in [3.63, 3.8) is 0 Å². The molecule has 0 aliphatic carbocycles. The highest BCUT2D eigenvalue weighted by atomic mass is 16.2. The first-order valence-corrected chi connectivity index (χ1v) is 5.53. The van der Waals surface area contributed by atoms with E-state index in [1.807, 2.05) is 13.8 Å². The van der Waals surface area contributed by atoms with E-state index >= 15 is 0 Å². The van der Waals surface area contributed by atoms with Crippen LogP contribution in [0.25, 0.3) is 0 Å². The Morgan fingerprint density at radius 2 is 2.24 bits per heavy atom. The van der Waals surface area contributed by atoms with Crippen LogP contribution in [0, 0.1) is 5.92 Å². The van der Waals surface area contributed by atoms with Crippen LogP contribution in [-0.2, 0) is 9.59 Å².